The first-order valence-corrected chi connectivity index (χ1v) is 5.25. The van der Waals surface area contributed by atoms with Crippen molar-refractivity contribution in [2.24, 2.45) is 0 Å². The van der Waals surface area contributed by atoms with E-state index in [1.807, 2.05) is 29.8 Å². The summed E-state index contributed by atoms with van der Waals surface area (Å²) in [6.45, 7) is 2.42. The van der Waals surface area contributed by atoms with E-state index in [1.54, 1.807) is 22.1 Å². The highest BCUT2D eigenvalue weighted by Gasteiger charge is 1.98. The van der Waals surface area contributed by atoms with Crippen molar-refractivity contribution in [3.05, 3.63) is 50.8 Å². The van der Waals surface area contributed by atoms with E-state index in [1.165, 1.54) is 0 Å². The minimum Gasteiger partial charge on any atom is -0.295 e. The molecule has 0 spiro atoms. The van der Waals surface area contributed by atoms with Gasteiger partial charge in [0, 0.05) is 11.9 Å². The van der Waals surface area contributed by atoms with E-state index in [9.17, 15) is 4.79 Å². The van der Waals surface area contributed by atoms with Crippen molar-refractivity contribution in [1.82, 2.24) is 9.55 Å². The van der Waals surface area contributed by atoms with Crippen LogP contribution in [0, 0.1) is 6.92 Å². The molecule has 0 saturated heterocycles. The van der Waals surface area contributed by atoms with Gasteiger partial charge in [0.15, 0.2) is 0 Å². The van der Waals surface area contributed by atoms with Crippen LogP contribution in [0.2, 0.25) is 0 Å². The molecule has 0 aromatic carbocycles. The first-order valence-electron chi connectivity index (χ1n) is 4.31. The second kappa shape index (κ2) is 3.75. The van der Waals surface area contributed by atoms with Crippen molar-refractivity contribution in [2.75, 3.05) is 0 Å². The maximum Gasteiger partial charge on any atom is 0.348 e. The topological polar surface area (TPSA) is 34.9 Å². The average Bonchev–Trinajstić information content (AvgIpc) is 2.62. The summed E-state index contributed by atoms with van der Waals surface area (Å²) in [6, 6.07) is 3.85. The lowest BCUT2D eigenvalue weighted by molar-refractivity contribution is 0.722. The van der Waals surface area contributed by atoms with Crippen LogP contribution in [-0.2, 0) is 6.54 Å². The van der Waals surface area contributed by atoms with Crippen LogP contribution in [-0.4, -0.2) is 9.55 Å². The molecule has 0 N–H and O–H groups in total. The van der Waals surface area contributed by atoms with Gasteiger partial charge in [-0.3, -0.25) is 4.57 Å². The predicted molar refractivity (Wildman–Crippen MR) is 56.7 cm³/mol. The zero-order valence-electron chi connectivity index (χ0n) is 7.80. The van der Waals surface area contributed by atoms with Crippen molar-refractivity contribution in [3.8, 4) is 0 Å². The first-order chi connectivity index (χ1) is 6.75. The summed E-state index contributed by atoms with van der Waals surface area (Å²) < 4.78 is 1.61. The molecule has 2 heterocycles. The van der Waals surface area contributed by atoms with Gasteiger partial charge in [-0.2, -0.15) is 16.3 Å². The average molecular weight is 206 g/mol. The molecule has 2 rings (SSSR count). The van der Waals surface area contributed by atoms with E-state index in [-0.39, 0.29) is 5.69 Å². The highest BCUT2D eigenvalue weighted by Crippen LogP contribution is 2.06. The van der Waals surface area contributed by atoms with Crippen molar-refractivity contribution < 1.29 is 0 Å². The maximum absolute atomic E-state index is 11.4. The normalized spacial score (nSPS) is 10.4. The summed E-state index contributed by atoms with van der Waals surface area (Å²) in [6.07, 6.45) is 1.78. The van der Waals surface area contributed by atoms with Crippen LogP contribution < -0.4 is 5.69 Å². The van der Waals surface area contributed by atoms with Gasteiger partial charge < -0.3 is 0 Å². The molecule has 0 aliphatic heterocycles. The largest absolute Gasteiger partial charge is 0.348 e. The van der Waals surface area contributed by atoms with Crippen molar-refractivity contribution in [2.45, 2.75) is 13.5 Å². The monoisotopic (exact) mass is 206 g/mol. The van der Waals surface area contributed by atoms with Gasteiger partial charge in [-0.1, -0.05) is 0 Å². The van der Waals surface area contributed by atoms with E-state index < -0.39 is 0 Å². The third-order valence-electron chi connectivity index (χ3n) is 1.95. The summed E-state index contributed by atoms with van der Waals surface area (Å²) in [4.78, 5) is 15.3. The molecule has 0 bridgehead atoms. The van der Waals surface area contributed by atoms with E-state index in [0.29, 0.717) is 6.54 Å². The molecule has 3 nitrogen and oxygen atoms in total. The predicted octanol–water partition coefficient (Wildman–Crippen LogP) is 1.66. The Hall–Kier alpha value is -1.42. The Morgan fingerprint density at radius 3 is 3.00 bits per heavy atom. The molecule has 2 aromatic rings. The number of aromatic nitrogens is 2. The van der Waals surface area contributed by atoms with Crippen LogP contribution in [0.1, 0.15) is 11.3 Å². The van der Waals surface area contributed by atoms with Crippen molar-refractivity contribution in [1.29, 1.82) is 0 Å². The minimum atomic E-state index is -0.184. The van der Waals surface area contributed by atoms with Gasteiger partial charge in [-0.25, -0.2) is 4.79 Å². The van der Waals surface area contributed by atoms with Crippen LogP contribution >= 0.6 is 11.3 Å². The molecule has 0 radical (unpaired) electrons. The number of hydrogen-bond acceptors (Lipinski definition) is 3. The lowest BCUT2D eigenvalue weighted by atomic mass is 10.3. The molecule has 0 fully saturated rings. The Morgan fingerprint density at radius 1 is 1.50 bits per heavy atom. The molecule has 0 unspecified atom stereocenters. The molecule has 0 atom stereocenters. The molecule has 0 amide bonds. The summed E-state index contributed by atoms with van der Waals surface area (Å²) in [5, 5.41) is 4.04. The zero-order chi connectivity index (χ0) is 9.97. The fraction of sp³-hybridized carbons (Fsp3) is 0.200. The lowest BCUT2D eigenvalue weighted by Gasteiger charge is -2.02. The lowest BCUT2D eigenvalue weighted by Crippen LogP contribution is -2.23. The standard InChI is InChI=1S/C10H10N2OS/c1-8-2-4-12(10(13)11-8)6-9-3-5-14-7-9/h2-5,7H,6H2,1H3. The molecule has 4 heteroatoms. The molecular formula is C10H10N2OS. The second-order valence-electron chi connectivity index (χ2n) is 3.11. The Morgan fingerprint density at radius 2 is 2.36 bits per heavy atom. The van der Waals surface area contributed by atoms with Gasteiger partial charge in [-0.15, -0.1) is 0 Å². The number of thiophene rings is 1. The Bertz CT molecular complexity index is 473. The second-order valence-corrected chi connectivity index (χ2v) is 3.89. The first kappa shape index (κ1) is 9.15. The summed E-state index contributed by atoms with van der Waals surface area (Å²) in [5.74, 6) is 0. The van der Waals surface area contributed by atoms with Crippen LogP contribution in [0.4, 0.5) is 0 Å². The Balaban J connectivity index is 2.30. The molecule has 72 valence electrons. The fourth-order valence-corrected chi connectivity index (χ4v) is 1.87. The third-order valence-corrected chi connectivity index (χ3v) is 2.68. The molecule has 0 aliphatic rings. The minimum absolute atomic E-state index is 0.184. The number of aryl methyl sites for hydroxylation is 1. The van der Waals surface area contributed by atoms with Crippen LogP contribution in [0.15, 0.2) is 33.9 Å². The number of rotatable bonds is 2. The summed E-state index contributed by atoms with van der Waals surface area (Å²) in [5.41, 5.74) is 1.72. The Labute approximate surface area is 85.7 Å². The SMILES string of the molecule is Cc1ccn(Cc2ccsc2)c(=O)n1. The van der Waals surface area contributed by atoms with Crippen molar-refractivity contribution in [3.63, 3.8) is 0 Å². The van der Waals surface area contributed by atoms with Crippen LogP contribution in [0.5, 0.6) is 0 Å². The molecular weight excluding hydrogens is 196 g/mol. The smallest absolute Gasteiger partial charge is 0.295 e. The van der Waals surface area contributed by atoms with Gasteiger partial charge in [0.2, 0.25) is 0 Å². The van der Waals surface area contributed by atoms with Crippen LogP contribution in [0.3, 0.4) is 0 Å². The highest BCUT2D eigenvalue weighted by atomic mass is 32.1. The summed E-state index contributed by atoms with van der Waals surface area (Å²) in [7, 11) is 0. The van der Waals surface area contributed by atoms with E-state index in [4.69, 9.17) is 0 Å². The molecule has 0 aliphatic carbocycles. The molecule has 0 saturated carbocycles. The highest BCUT2D eigenvalue weighted by molar-refractivity contribution is 7.07. The van der Waals surface area contributed by atoms with Crippen LogP contribution in [0.25, 0.3) is 0 Å². The third kappa shape index (κ3) is 1.90. The van der Waals surface area contributed by atoms with Gasteiger partial charge in [0.1, 0.15) is 0 Å². The molecule has 2 aromatic heterocycles. The van der Waals surface area contributed by atoms with E-state index in [0.717, 1.165) is 11.3 Å². The zero-order valence-corrected chi connectivity index (χ0v) is 8.62. The quantitative estimate of drug-likeness (QED) is 0.749. The van der Waals surface area contributed by atoms with Gasteiger partial charge in [0.05, 0.1) is 6.54 Å². The Kier molecular flexibility index (Phi) is 2.45. The van der Waals surface area contributed by atoms with Gasteiger partial charge in [0.25, 0.3) is 0 Å². The maximum atomic E-state index is 11.4. The number of nitrogens with zero attached hydrogens (tertiary/aromatic N) is 2. The summed E-state index contributed by atoms with van der Waals surface area (Å²) >= 11 is 1.63. The number of hydrogen-bond donors (Lipinski definition) is 0. The molecule has 14 heavy (non-hydrogen) atoms. The van der Waals surface area contributed by atoms with Crippen molar-refractivity contribution >= 4 is 11.3 Å². The van der Waals surface area contributed by atoms with Gasteiger partial charge in [-0.05, 0) is 35.4 Å². The van der Waals surface area contributed by atoms with E-state index in [2.05, 4.69) is 4.98 Å². The van der Waals surface area contributed by atoms with E-state index >= 15 is 0 Å². The van der Waals surface area contributed by atoms with Gasteiger partial charge >= 0.3 is 5.69 Å². The fourth-order valence-electron chi connectivity index (χ4n) is 1.21.